The van der Waals surface area contributed by atoms with Crippen LogP contribution in [0.4, 0.5) is 0 Å². The zero-order chi connectivity index (χ0) is 8.81. The Morgan fingerprint density at radius 2 is 2.25 bits per heavy atom. The van der Waals surface area contributed by atoms with E-state index in [0.717, 1.165) is 32.6 Å². The third-order valence-electron chi connectivity index (χ3n) is 2.20. The van der Waals surface area contributed by atoms with Crippen molar-refractivity contribution in [3.8, 4) is 0 Å². The maximum Gasteiger partial charge on any atom is 0.0293 e. The van der Waals surface area contributed by atoms with Crippen molar-refractivity contribution in [2.75, 3.05) is 26.2 Å². The van der Waals surface area contributed by atoms with Crippen LogP contribution < -0.4 is 5.32 Å². The first-order valence-corrected chi connectivity index (χ1v) is 4.47. The van der Waals surface area contributed by atoms with E-state index in [-0.39, 0.29) is 0 Å². The summed E-state index contributed by atoms with van der Waals surface area (Å²) < 4.78 is 0. The third kappa shape index (κ3) is 2.47. The lowest BCUT2D eigenvalue weighted by Gasteiger charge is -2.33. The monoisotopic (exact) mass is 165 g/mol. The smallest absolute Gasteiger partial charge is 0.0293 e. The summed E-state index contributed by atoms with van der Waals surface area (Å²) in [4.78, 5) is 2.42. The van der Waals surface area contributed by atoms with Gasteiger partial charge in [0.1, 0.15) is 0 Å². The van der Waals surface area contributed by atoms with Gasteiger partial charge in [0.2, 0.25) is 0 Å². The molecule has 1 heterocycles. The van der Waals surface area contributed by atoms with E-state index in [4.69, 9.17) is 0 Å². The molecule has 0 aromatic carbocycles. The fourth-order valence-electron chi connectivity index (χ4n) is 1.56. The summed E-state index contributed by atoms with van der Waals surface area (Å²) in [6.45, 7) is 11.5. The molecule has 12 heavy (non-hydrogen) atoms. The minimum absolute atomic E-state index is 0.564. The van der Waals surface area contributed by atoms with Crippen LogP contribution in [0.3, 0.4) is 0 Å². The molecule has 0 spiro atoms. The maximum atomic E-state index is 4.39. The predicted molar refractivity (Wildman–Crippen MR) is 52.2 cm³/mol. The molecular weight excluding hydrogens is 148 g/mol. The molecule has 0 saturated carbocycles. The minimum atomic E-state index is 0.564. The lowest BCUT2D eigenvalue weighted by Crippen LogP contribution is -2.48. The largest absolute Gasteiger partial charge is 0.294 e. The highest BCUT2D eigenvalue weighted by Gasteiger charge is 2.19. The van der Waals surface area contributed by atoms with E-state index in [1.807, 2.05) is 12.2 Å². The Labute approximate surface area is 74.9 Å². The zero-order valence-electron chi connectivity index (χ0n) is 7.58. The van der Waals surface area contributed by atoms with Crippen molar-refractivity contribution in [3.63, 3.8) is 0 Å². The van der Waals surface area contributed by atoms with E-state index >= 15 is 0 Å². The van der Waals surface area contributed by atoms with Gasteiger partial charge in [-0.1, -0.05) is 12.2 Å². The fourth-order valence-corrected chi connectivity index (χ4v) is 1.56. The molecule has 0 bridgehead atoms. The van der Waals surface area contributed by atoms with Gasteiger partial charge >= 0.3 is 0 Å². The molecule has 67 valence electrons. The first kappa shape index (κ1) is 9.49. The summed E-state index contributed by atoms with van der Waals surface area (Å²) in [5.74, 6) is 0. The molecule has 1 atom stereocenters. The molecule has 0 aliphatic carbocycles. The zero-order valence-corrected chi connectivity index (χ0v) is 7.58. The predicted octanol–water partition coefficient (Wildman–Crippen LogP) is 1.04. The Morgan fingerprint density at radius 3 is 2.92 bits per heavy atom. The fraction of sp³-hybridized carbons (Fsp3) is 0.600. The Hall–Kier alpha value is -0.600. The Balaban J connectivity index is 2.41. The third-order valence-corrected chi connectivity index (χ3v) is 2.20. The molecule has 1 fully saturated rings. The molecular formula is C10H17N2. The second kappa shape index (κ2) is 5.12. The van der Waals surface area contributed by atoms with Gasteiger partial charge < -0.3 is 0 Å². The number of rotatable bonds is 4. The quantitative estimate of drug-likeness (QED) is 0.569. The lowest BCUT2D eigenvalue weighted by atomic mass is 10.1. The topological polar surface area (TPSA) is 17.3 Å². The molecule has 0 aromatic rings. The molecule has 1 rings (SSSR count). The molecule has 0 amide bonds. The van der Waals surface area contributed by atoms with Crippen molar-refractivity contribution >= 4 is 0 Å². The van der Waals surface area contributed by atoms with Crippen LogP contribution in [0.5, 0.6) is 0 Å². The normalized spacial score (nSPS) is 25.2. The average molecular weight is 165 g/mol. The lowest BCUT2D eigenvalue weighted by molar-refractivity contribution is 0.178. The van der Waals surface area contributed by atoms with Crippen molar-refractivity contribution in [1.29, 1.82) is 0 Å². The molecule has 0 N–H and O–H groups in total. The minimum Gasteiger partial charge on any atom is -0.294 e. The van der Waals surface area contributed by atoms with Gasteiger partial charge in [-0.15, -0.1) is 13.2 Å². The molecule has 1 radical (unpaired) electrons. The van der Waals surface area contributed by atoms with Crippen LogP contribution in [0.2, 0.25) is 0 Å². The van der Waals surface area contributed by atoms with Gasteiger partial charge in [-0.2, -0.15) is 0 Å². The molecule has 1 saturated heterocycles. The highest BCUT2D eigenvalue weighted by atomic mass is 15.2. The number of hydrogen-bond acceptors (Lipinski definition) is 1. The van der Waals surface area contributed by atoms with Gasteiger partial charge in [0.15, 0.2) is 0 Å². The van der Waals surface area contributed by atoms with Crippen molar-refractivity contribution in [2.24, 2.45) is 0 Å². The van der Waals surface area contributed by atoms with Crippen molar-refractivity contribution < 1.29 is 0 Å². The summed E-state index contributed by atoms with van der Waals surface area (Å²) in [6, 6.07) is 0.564. The van der Waals surface area contributed by atoms with Gasteiger partial charge in [0.25, 0.3) is 0 Å². The molecule has 2 nitrogen and oxygen atoms in total. The molecule has 1 unspecified atom stereocenters. The van der Waals surface area contributed by atoms with E-state index < -0.39 is 0 Å². The Kier molecular flexibility index (Phi) is 4.05. The van der Waals surface area contributed by atoms with Gasteiger partial charge in [-0.25, -0.2) is 5.32 Å². The Morgan fingerprint density at radius 1 is 1.42 bits per heavy atom. The second-order valence-corrected chi connectivity index (χ2v) is 3.09. The highest BCUT2D eigenvalue weighted by Crippen LogP contribution is 2.07. The van der Waals surface area contributed by atoms with Crippen LogP contribution in [0.15, 0.2) is 25.3 Å². The van der Waals surface area contributed by atoms with Gasteiger partial charge in [-0.3, -0.25) is 4.90 Å². The highest BCUT2D eigenvalue weighted by molar-refractivity contribution is 4.88. The standard InChI is InChI=1S/C10H17N2/c1-3-5-10-9-11-6-8-12(10)7-4-2/h3-4,10H,1-2,5-9H2. The first-order valence-electron chi connectivity index (χ1n) is 4.47. The van der Waals surface area contributed by atoms with E-state index in [1.165, 1.54) is 0 Å². The summed E-state index contributed by atoms with van der Waals surface area (Å²) in [5, 5.41) is 4.39. The van der Waals surface area contributed by atoms with E-state index in [1.54, 1.807) is 0 Å². The van der Waals surface area contributed by atoms with E-state index in [0.29, 0.717) is 6.04 Å². The van der Waals surface area contributed by atoms with Gasteiger partial charge in [0.05, 0.1) is 0 Å². The molecule has 1 aliphatic heterocycles. The molecule has 1 aliphatic rings. The van der Waals surface area contributed by atoms with E-state index in [2.05, 4.69) is 23.4 Å². The number of piperazine rings is 1. The van der Waals surface area contributed by atoms with Crippen LogP contribution in [-0.4, -0.2) is 37.1 Å². The average Bonchev–Trinajstić information content (AvgIpc) is 2.09. The summed E-state index contributed by atoms with van der Waals surface area (Å²) in [5.41, 5.74) is 0. The van der Waals surface area contributed by atoms with Crippen LogP contribution >= 0.6 is 0 Å². The second-order valence-electron chi connectivity index (χ2n) is 3.09. The van der Waals surface area contributed by atoms with Crippen molar-refractivity contribution in [3.05, 3.63) is 25.3 Å². The van der Waals surface area contributed by atoms with Crippen molar-refractivity contribution in [1.82, 2.24) is 10.2 Å². The van der Waals surface area contributed by atoms with Gasteiger partial charge in [-0.05, 0) is 6.42 Å². The maximum absolute atomic E-state index is 4.39. The Bertz CT molecular complexity index is 136. The van der Waals surface area contributed by atoms with Crippen LogP contribution in [0, 0.1) is 0 Å². The number of hydrogen-bond donors (Lipinski definition) is 0. The van der Waals surface area contributed by atoms with E-state index in [9.17, 15) is 0 Å². The van der Waals surface area contributed by atoms with Gasteiger partial charge in [0, 0.05) is 32.2 Å². The molecule has 0 aromatic heterocycles. The molecule has 2 heteroatoms. The first-order chi connectivity index (χ1) is 5.88. The van der Waals surface area contributed by atoms with Crippen LogP contribution in [0.25, 0.3) is 0 Å². The summed E-state index contributed by atoms with van der Waals surface area (Å²) >= 11 is 0. The summed E-state index contributed by atoms with van der Waals surface area (Å²) in [6.07, 6.45) is 4.97. The SMILES string of the molecule is C=CCC1C[N]CCN1CC=C. The van der Waals surface area contributed by atoms with Crippen LogP contribution in [-0.2, 0) is 0 Å². The van der Waals surface area contributed by atoms with Crippen LogP contribution in [0.1, 0.15) is 6.42 Å². The number of nitrogens with zero attached hydrogens (tertiary/aromatic N) is 2. The summed E-state index contributed by atoms with van der Waals surface area (Å²) in [7, 11) is 0. The van der Waals surface area contributed by atoms with Crippen molar-refractivity contribution in [2.45, 2.75) is 12.5 Å².